The van der Waals surface area contributed by atoms with Crippen LogP contribution in [0.4, 0.5) is 5.69 Å². The molecule has 0 aliphatic rings. The first kappa shape index (κ1) is 16.8. The van der Waals surface area contributed by atoms with Crippen LogP contribution >= 0.6 is 11.6 Å². The number of benzene rings is 1. The van der Waals surface area contributed by atoms with Crippen molar-refractivity contribution in [3.8, 4) is 5.75 Å². The third-order valence-electron chi connectivity index (χ3n) is 3.25. The van der Waals surface area contributed by atoms with Crippen molar-refractivity contribution in [2.24, 2.45) is 0 Å². The predicted octanol–water partition coefficient (Wildman–Crippen LogP) is 2.40. The number of carbonyl (C=O) groups excluding carboxylic acids is 1. The number of nitrogens with zero attached hydrogens (tertiary/aromatic N) is 3. The summed E-state index contributed by atoms with van der Waals surface area (Å²) in [4.78, 5) is 22.6. The van der Waals surface area contributed by atoms with Gasteiger partial charge in [0.15, 0.2) is 5.75 Å². The molecular formula is C14H15ClN4O4. The van der Waals surface area contributed by atoms with Crippen molar-refractivity contribution in [3.05, 3.63) is 50.8 Å². The van der Waals surface area contributed by atoms with Gasteiger partial charge in [-0.05, 0) is 19.1 Å². The molecule has 2 rings (SSSR count). The van der Waals surface area contributed by atoms with Gasteiger partial charge in [0.05, 0.1) is 35.5 Å². The molecule has 0 spiro atoms. The Bertz CT molecular complexity index is 744. The average Bonchev–Trinajstić information content (AvgIpc) is 2.91. The number of aromatic nitrogens is 2. The highest BCUT2D eigenvalue weighted by Crippen LogP contribution is 2.27. The van der Waals surface area contributed by atoms with Gasteiger partial charge in [0.2, 0.25) is 0 Å². The first-order valence-corrected chi connectivity index (χ1v) is 7.16. The fourth-order valence-corrected chi connectivity index (χ4v) is 2.28. The summed E-state index contributed by atoms with van der Waals surface area (Å²) < 4.78 is 6.57. The molecule has 0 radical (unpaired) electrons. The van der Waals surface area contributed by atoms with E-state index in [4.69, 9.17) is 16.3 Å². The van der Waals surface area contributed by atoms with Crippen LogP contribution in [0.15, 0.2) is 24.4 Å². The van der Waals surface area contributed by atoms with E-state index in [1.807, 2.05) is 6.92 Å². The Hall–Kier alpha value is -2.61. The minimum absolute atomic E-state index is 0.0960. The van der Waals surface area contributed by atoms with E-state index < -0.39 is 10.8 Å². The Morgan fingerprint density at radius 3 is 2.87 bits per heavy atom. The third kappa shape index (κ3) is 3.59. The monoisotopic (exact) mass is 338 g/mol. The Labute approximate surface area is 137 Å². The lowest BCUT2D eigenvalue weighted by Crippen LogP contribution is -2.24. The quantitative estimate of drug-likeness (QED) is 0.644. The molecule has 2 aromatic rings. The summed E-state index contributed by atoms with van der Waals surface area (Å²) in [5, 5.41) is 18.2. The van der Waals surface area contributed by atoms with Gasteiger partial charge in [0.1, 0.15) is 0 Å². The third-order valence-corrected chi connectivity index (χ3v) is 3.57. The van der Waals surface area contributed by atoms with E-state index in [1.54, 1.807) is 4.68 Å². The molecule has 0 atom stereocenters. The summed E-state index contributed by atoms with van der Waals surface area (Å²) in [5.41, 5.74) is 0.568. The fraction of sp³-hybridized carbons (Fsp3) is 0.286. The number of rotatable bonds is 6. The molecule has 1 aromatic heterocycles. The summed E-state index contributed by atoms with van der Waals surface area (Å²) in [6, 6.07) is 4.02. The number of methoxy groups -OCH3 is 1. The minimum atomic E-state index is -0.599. The van der Waals surface area contributed by atoms with Crippen LogP contribution in [0.1, 0.15) is 23.0 Å². The Morgan fingerprint density at radius 1 is 1.52 bits per heavy atom. The maximum Gasteiger partial charge on any atom is 0.311 e. The zero-order valence-electron chi connectivity index (χ0n) is 12.6. The van der Waals surface area contributed by atoms with Gasteiger partial charge >= 0.3 is 5.69 Å². The Balaban J connectivity index is 2.16. The van der Waals surface area contributed by atoms with Gasteiger partial charge in [-0.25, -0.2) is 0 Å². The average molecular weight is 339 g/mol. The zero-order valence-corrected chi connectivity index (χ0v) is 13.3. The summed E-state index contributed by atoms with van der Waals surface area (Å²) in [5.74, 6) is -0.352. The van der Waals surface area contributed by atoms with Gasteiger partial charge in [-0.3, -0.25) is 19.6 Å². The maximum atomic E-state index is 12.2. The van der Waals surface area contributed by atoms with Crippen LogP contribution in [-0.2, 0) is 13.1 Å². The highest BCUT2D eigenvalue weighted by atomic mass is 35.5. The largest absolute Gasteiger partial charge is 0.490 e. The summed E-state index contributed by atoms with van der Waals surface area (Å²) in [7, 11) is 1.33. The second-order valence-electron chi connectivity index (χ2n) is 4.58. The van der Waals surface area contributed by atoms with Gasteiger partial charge in [-0.1, -0.05) is 11.6 Å². The van der Waals surface area contributed by atoms with Crippen molar-refractivity contribution in [2.45, 2.75) is 20.0 Å². The summed E-state index contributed by atoms with van der Waals surface area (Å²) in [6.07, 6.45) is 1.50. The molecule has 0 fully saturated rings. The second-order valence-corrected chi connectivity index (χ2v) is 4.99. The number of nitro benzene ring substituents is 1. The Kier molecular flexibility index (Phi) is 5.17. The number of halogens is 1. The summed E-state index contributed by atoms with van der Waals surface area (Å²) >= 11 is 6.02. The number of nitro groups is 1. The van der Waals surface area contributed by atoms with Crippen molar-refractivity contribution < 1.29 is 14.5 Å². The van der Waals surface area contributed by atoms with Gasteiger partial charge in [0.25, 0.3) is 5.91 Å². The molecule has 0 bridgehead atoms. The van der Waals surface area contributed by atoms with Crippen molar-refractivity contribution >= 4 is 23.2 Å². The van der Waals surface area contributed by atoms with Crippen molar-refractivity contribution in [1.29, 1.82) is 0 Å². The second kappa shape index (κ2) is 7.10. The van der Waals surface area contributed by atoms with Crippen LogP contribution in [0.5, 0.6) is 5.75 Å². The van der Waals surface area contributed by atoms with Crippen molar-refractivity contribution in [2.75, 3.05) is 7.11 Å². The van der Waals surface area contributed by atoms with Gasteiger partial charge in [0, 0.05) is 18.2 Å². The van der Waals surface area contributed by atoms with E-state index in [2.05, 4.69) is 10.4 Å². The zero-order chi connectivity index (χ0) is 17.0. The van der Waals surface area contributed by atoms with E-state index in [9.17, 15) is 14.9 Å². The number of nitrogens with one attached hydrogen (secondary N) is 1. The number of hydrogen-bond acceptors (Lipinski definition) is 5. The van der Waals surface area contributed by atoms with E-state index in [-0.39, 0.29) is 23.5 Å². The first-order valence-electron chi connectivity index (χ1n) is 6.78. The van der Waals surface area contributed by atoms with E-state index >= 15 is 0 Å². The van der Waals surface area contributed by atoms with Gasteiger partial charge in [-0.2, -0.15) is 5.10 Å². The molecule has 0 aliphatic heterocycles. The molecule has 9 heteroatoms. The molecule has 0 unspecified atom stereocenters. The van der Waals surface area contributed by atoms with Crippen LogP contribution in [-0.4, -0.2) is 27.7 Å². The van der Waals surface area contributed by atoms with E-state index in [0.29, 0.717) is 17.3 Å². The molecule has 0 aliphatic carbocycles. The highest BCUT2D eigenvalue weighted by molar-refractivity contribution is 6.31. The minimum Gasteiger partial charge on any atom is -0.490 e. The van der Waals surface area contributed by atoms with Crippen LogP contribution in [0.25, 0.3) is 0 Å². The van der Waals surface area contributed by atoms with Crippen LogP contribution in [0.2, 0.25) is 5.02 Å². The van der Waals surface area contributed by atoms with Crippen LogP contribution in [0.3, 0.4) is 0 Å². The lowest BCUT2D eigenvalue weighted by atomic mass is 10.1. The van der Waals surface area contributed by atoms with Crippen molar-refractivity contribution in [3.63, 3.8) is 0 Å². The standard InChI is InChI=1S/C14H15ClN4O4/c1-3-18-12(10(15)7-17-18)8-16-14(20)9-4-5-13(23-2)11(6-9)19(21)22/h4-7H,3,8H2,1-2H3,(H,16,20). The molecule has 1 heterocycles. The number of amides is 1. The van der Waals surface area contributed by atoms with Crippen LogP contribution < -0.4 is 10.1 Å². The fourth-order valence-electron chi connectivity index (χ4n) is 2.08. The number of carbonyl (C=O) groups is 1. The highest BCUT2D eigenvalue weighted by Gasteiger charge is 2.18. The van der Waals surface area contributed by atoms with E-state index in [1.165, 1.54) is 31.5 Å². The molecule has 1 aromatic carbocycles. The molecule has 1 amide bonds. The van der Waals surface area contributed by atoms with Gasteiger partial charge < -0.3 is 10.1 Å². The predicted molar refractivity (Wildman–Crippen MR) is 83.7 cm³/mol. The maximum absolute atomic E-state index is 12.2. The van der Waals surface area contributed by atoms with E-state index in [0.717, 1.165) is 0 Å². The van der Waals surface area contributed by atoms with Crippen LogP contribution in [0, 0.1) is 10.1 Å². The Morgan fingerprint density at radius 2 is 2.26 bits per heavy atom. The topological polar surface area (TPSA) is 99.3 Å². The SMILES string of the molecule is CCn1ncc(Cl)c1CNC(=O)c1ccc(OC)c([N+](=O)[O-])c1. The molecule has 0 saturated heterocycles. The first-order chi connectivity index (χ1) is 11.0. The molecule has 122 valence electrons. The molecule has 23 heavy (non-hydrogen) atoms. The number of ether oxygens (including phenoxy) is 1. The molecule has 8 nitrogen and oxygen atoms in total. The van der Waals surface area contributed by atoms with Gasteiger partial charge in [-0.15, -0.1) is 0 Å². The smallest absolute Gasteiger partial charge is 0.311 e. The lowest BCUT2D eigenvalue weighted by Gasteiger charge is -2.08. The van der Waals surface area contributed by atoms with Crippen molar-refractivity contribution in [1.82, 2.24) is 15.1 Å². The molecule has 0 saturated carbocycles. The lowest BCUT2D eigenvalue weighted by molar-refractivity contribution is -0.385. The molecule has 1 N–H and O–H groups in total. The number of aryl methyl sites for hydroxylation is 1. The number of hydrogen-bond donors (Lipinski definition) is 1. The summed E-state index contributed by atoms with van der Waals surface area (Å²) in [6.45, 7) is 2.69. The molecular weight excluding hydrogens is 324 g/mol. The normalized spacial score (nSPS) is 10.4.